The van der Waals surface area contributed by atoms with Gasteiger partial charge in [0.2, 0.25) is 0 Å². The number of aliphatic carboxylic acids is 1. The number of hydrogen-bond donors (Lipinski definition) is 3. The number of hydrogen-bond acceptors (Lipinski definition) is 4. The average Bonchev–Trinajstić information content (AvgIpc) is 2.24. The number of urea groups is 1. The van der Waals surface area contributed by atoms with Crippen molar-refractivity contribution in [3.05, 3.63) is 0 Å². The molecule has 7 heteroatoms. The van der Waals surface area contributed by atoms with Crippen molar-refractivity contribution in [2.24, 2.45) is 5.73 Å². The molecule has 0 heterocycles. The van der Waals surface area contributed by atoms with Crippen LogP contribution in [0.4, 0.5) is 4.79 Å². The molecule has 0 aromatic carbocycles. The van der Waals surface area contributed by atoms with Crippen LogP contribution in [0.25, 0.3) is 0 Å². The van der Waals surface area contributed by atoms with Crippen LogP contribution in [0.5, 0.6) is 0 Å². The summed E-state index contributed by atoms with van der Waals surface area (Å²) in [6.07, 6.45) is 0.863. The summed E-state index contributed by atoms with van der Waals surface area (Å²) in [5, 5.41) is 11.0. The molecule has 0 aliphatic heterocycles. The maximum absolute atomic E-state index is 11.5. The van der Waals surface area contributed by atoms with Crippen molar-refractivity contribution in [2.75, 3.05) is 40.8 Å². The highest BCUT2D eigenvalue weighted by Gasteiger charge is 2.14. The summed E-state index contributed by atoms with van der Waals surface area (Å²) in [5.74, 6) is -1.12. The predicted octanol–water partition coefficient (Wildman–Crippen LogP) is -1.01. The minimum Gasteiger partial charge on any atom is -0.480 e. The van der Waals surface area contributed by atoms with E-state index in [1.165, 1.54) is 4.90 Å². The van der Waals surface area contributed by atoms with E-state index in [0.29, 0.717) is 6.54 Å². The molecule has 1 unspecified atom stereocenters. The summed E-state index contributed by atoms with van der Waals surface area (Å²) in [5.41, 5.74) is 5.27. The molecule has 4 N–H and O–H groups in total. The molecule has 17 heavy (non-hydrogen) atoms. The molecule has 100 valence electrons. The molecular formula is C10H22N4O3. The van der Waals surface area contributed by atoms with Gasteiger partial charge in [-0.2, -0.15) is 0 Å². The Morgan fingerprint density at radius 3 is 2.35 bits per heavy atom. The minimum atomic E-state index is -1.12. The number of carboxylic acid groups (broad SMARTS) is 1. The Bertz CT molecular complexity index is 258. The first kappa shape index (κ1) is 15.7. The zero-order valence-corrected chi connectivity index (χ0v) is 10.6. The second-order valence-electron chi connectivity index (χ2n) is 4.21. The molecule has 7 nitrogen and oxygen atoms in total. The molecule has 2 amide bonds. The van der Waals surface area contributed by atoms with Crippen molar-refractivity contribution < 1.29 is 14.7 Å². The molecular weight excluding hydrogens is 224 g/mol. The fourth-order valence-electron chi connectivity index (χ4n) is 1.15. The Morgan fingerprint density at radius 2 is 1.88 bits per heavy atom. The van der Waals surface area contributed by atoms with Gasteiger partial charge in [0, 0.05) is 20.1 Å². The summed E-state index contributed by atoms with van der Waals surface area (Å²) in [6, 6.07) is -1.37. The number of amides is 2. The lowest BCUT2D eigenvalue weighted by molar-refractivity contribution is -0.138. The molecule has 0 spiro atoms. The van der Waals surface area contributed by atoms with Gasteiger partial charge in [0.1, 0.15) is 6.04 Å². The lowest BCUT2D eigenvalue weighted by atomic mass is 10.3. The molecule has 0 aromatic rings. The standard InChI is InChI=1S/C10H22N4O3/c1-13(2)5-4-6-14(3)10(17)12-7-8(11)9(15)16/h8H,4-7,11H2,1-3H3,(H,12,17)(H,15,16). The molecule has 0 rings (SSSR count). The van der Waals surface area contributed by atoms with Gasteiger partial charge >= 0.3 is 12.0 Å². The van der Waals surface area contributed by atoms with Crippen LogP contribution in [-0.4, -0.2) is 73.7 Å². The van der Waals surface area contributed by atoms with Crippen molar-refractivity contribution in [2.45, 2.75) is 12.5 Å². The van der Waals surface area contributed by atoms with Gasteiger partial charge in [-0.3, -0.25) is 4.79 Å². The largest absolute Gasteiger partial charge is 0.480 e. The average molecular weight is 246 g/mol. The van der Waals surface area contributed by atoms with E-state index in [1.807, 2.05) is 19.0 Å². The Kier molecular flexibility index (Phi) is 7.24. The number of carbonyl (C=O) groups excluding carboxylic acids is 1. The highest BCUT2D eigenvalue weighted by molar-refractivity contribution is 5.77. The van der Waals surface area contributed by atoms with E-state index in [2.05, 4.69) is 5.32 Å². The summed E-state index contributed by atoms with van der Waals surface area (Å²) < 4.78 is 0. The molecule has 0 aliphatic rings. The van der Waals surface area contributed by atoms with Crippen LogP contribution in [-0.2, 0) is 4.79 Å². The third-order valence-corrected chi connectivity index (χ3v) is 2.24. The fraction of sp³-hybridized carbons (Fsp3) is 0.800. The normalized spacial score (nSPS) is 12.3. The Hall–Kier alpha value is -1.34. The Balaban J connectivity index is 3.78. The van der Waals surface area contributed by atoms with Crippen molar-refractivity contribution in [3.63, 3.8) is 0 Å². The van der Waals surface area contributed by atoms with Crippen molar-refractivity contribution in [1.29, 1.82) is 0 Å². The molecule has 0 radical (unpaired) electrons. The summed E-state index contributed by atoms with van der Waals surface area (Å²) in [6.45, 7) is 1.45. The molecule has 0 saturated carbocycles. The van der Waals surface area contributed by atoms with Gasteiger partial charge in [0.05, 0.1) is 0 Å². The molecule has 0 fully saturated rings. The highest BCUT2D eigenvalue weighted by Crippen LogP contribution is 1.90. The number of nitrogens with one attached hydrogen (secondary N) is 1. The molecule has 0 aromatic heterocycles. The van der Waals surface area contributed by atoms with Gasteiger partial charge in [-0.05, 0) is 27.1 Å². The molecule has 0 bridgehead atoms. The second kappa shape index (κ2) is 7.86. The van der Waals surface area contributed by atoms with E-state index < -0.39 is 12.0 Å². The van der Waals surface area contributed by atoms with Crippen LogP contribution in [0.15, 0.2) is 0 Å². The topological polar surface area (TPSA) is 98.9 Å². The minimum absolute atomic E-state index is 0.0633. The second-order valence-corrected chi connectivity index (χ2v) is 4.21. The first-order valence-electron chi connectivity index (χ1n) is 5.46. The lowest BCUT2D eigenvalue weighted by Crippen LogP contribution is -2.46. The number of nitrogens with zero attached hydrogens (tertiary/aromatic N) is 2. The maximum Gasteiger partial charge on any atom is 0.322 e. The van der Waals surface area contributed by atoms with Crippen molar-refractivity contribution in [3.8, 4) is 0 Å². The van der Waals surface area contributed by atoms with E-state index in [9.17, 15) is 9.59 Å². The van der Waals surface area contributed by atoms with E-state index in [0.717, 1.165) is 13.0 Å². The number of nitrogens with two attached hydrogens (primary N) is 1. The monoisotopic (exact) mass is 246 g/mol. The third-order valence-electron chi connectivity index (χ3n) is 2.24. The highest BCUT2D eigenvalue weighted by atomic mass is 16.4. The molecule has 1 atom stereocenters. The van der Waals surface area contributed by atoms with Gasteiger partial charge in [0.15, 0.2) is 0 Å². The smallest absolute Gasteiger partial charge is 0.322 e. The maximum atomic E-state index is 11.5. The van der Waals surface area contributed by atoms with Crippen molar-refractivity contribution in [1.82, 2.24) is 15.1 Å². The number of rotatable bonds is 7. The fourth-order valence-corrected chi connectivity index (χ4v) is 1.15. The summed E-state index contributed by atoms with van der Waals surface area (Å²) in [7, 11) is 5.59. The van der Waals surface area contributed by atoms with Crippen LogP contribution in [0.3, 0.4) is 0 Å². The zero-order valence-electron chi connectivity index (χ0n) is 10.6. The Morgan fingerprint density at radius 1 is 1.29 bits per heavy atom. The third kappa shape index (κ3) is 7.53. The first-order valence-corrected chi connectivity index (χ1v) is 5.46. The summed E-state index contributed by atoms with van der Waals surface area (Å²) in [4.78, 5) is 25.5. The molecule has 0 aliphatic carbocycles. The van der Waals surface area contributed by atoms with Crippen LogP contribution in [0.2, 0.25) is 0 Å². The van der Waals surface area contributed by atoms with E-state index >= 15 is 0 Å². The van der Waals surface area contributed by atoms with Crippen molar-refractivity contribution >= 4 is 12.0 Å². The predicted molar refractivity (Wildman–Crippen MR) is 64.8 cm³/mol. The van der Waals surface area contributed by atoms with Gasteiger partial charge in [0.25, 0.3) is 0 Å². The van der Waals surface area contributed by atoms with Crippen LogP contribution < -0.4 is 11.1 Å². The van der Waals surface area contributed by atoms with Gasteiger partial charge < -0.3 is 26.0 Å². The lowest BCUT2D eigenvalue weighted by Gasteiger charge is -2.19. The first-order chi connectivity index (χ1) is 7.84. The van der Waals surface area contributed by atoms with Crippen LogP contribution in [0, 0.1) is 0 Å². The number of carboxylic acids is 1. The Labute approximate surface area is 102 Å². The van der Waals surface area contributed by atoms with E-state index in [-0.39, 0.29) is 12.6 Å². The summed E-state index contributed by atoms with van der Waals surface area (Å²) >= 11 is 0. The zero-order chi connectivity index (χ0) is 13.4. The van der Waals surface area contributed by atoms with E-state index in [1.54, 1.807) is 7.05 Å². The van der Waals surface area contributed by atoms with Crippen LogP contribution in [0.1, 0.15) is 6.42 Å². The quantitative estimate of drug-likeness (QED) is 0.534. The van der Waals surface area contributed by atoms with Gasteiger partial charge in [-0.25, -0.2) is 4.79 Å². The van der Waals surface area contributed by atoms with Crippen LogP contribution >= 0.6 is 0 Å². The van der Waals surface area contributed by atoms with Gasteiger partial charge in [-0.15, -0.1) is 0 Å². The van der Waals surface area contributed by atoms with E-state index in [4.69, 9.17) is 10.8 Å². The molecule has 0 saturated heterocycles. The SMILES string of the molecule is CN(C)CCCN(C)C(=O)NCC(N)C(=O)O. The number of carbonyl (C=O) groups is 2. The van der Waals surface area contributed by atoms with Gasteiger partial charge in [-0.1, -0.05) is 0 Å².